The minimum atomic E-state index is -0.569. The van der Waals surface area contributed by atoms with Gasteiger partial charge in [-0.2, -0.15) is 0 Å². The fourth-order valence-electron chi connectivity index (χ4n) is 1.86. The van der Waals surface area contributed by atoms with Crippen LogP contribution in [0.25, 0.3) is 0 Å². The van der Waals surface area contributed by atoms with Gasteiger partial charge in [0.15, 0.2) is 11.9 Å². The van der Waals surface area contributed by atoms with Gasteiger partial charge in [0.2, 0.25) is 5.78 Å². The normalized spacial score (nSPS) is 11.7. The first kappa shape index (κ1) is 14.0. The Bertz CT molecular complexity index is 600. The minimum Gasteiger partial charge on any atom is -0.483 e. The first-order chi connectivity index (χ1) is 9.58. The minimum absolute atomic E-state index is 0.00459. The largest absolute Gasteiger partial charge is 0.483 e. The zero-order chi connectivity index (χ0) is 14.5. The van der Waals surface area contributed by atoms with E-state index in [1.54, 1.807) is 43.3 Å². The van der Waals surface area contributed by atoms with Gasteiger partial charge in [-0.3, -0.25) is 9.59 Å². The van der Waals surface area contributed by atoms with Gasteiger partial charge >= 0.3 is 0 Å². The van der Waals surface area contributed by atoms with Crippen molar-refractivity contribution in [3.63, 3.8) is 0 Å². The fraction of sp³-hybridized carbons (Fsp3) is 0.176. The Morgan fingerprint density at radius 1 is 0.900 bits per heavy atom. The van der Waals surface area contributed by atoms with Gasteiger partial charge in [-0.05, 0) is 38.1 Å². The maximum atomic E-state index is 12.1. The average molecular weight is 268 g/mol. The third-order valence-electron chi connectivity index (χ3n) is 3.00. The highest BCUT2D eigenvalue weighted by atomic mass is 16.5. The smallest absolute Gasteiger partial charge is 0.202 e. The Kier molecular flexibility index (Phi) is 4.31. The first-order valence-electron chi connectivity index (χ1n) is 6.45. The van der Waals surface area contributed by atoms with Gasteiger partial charge in [0.1, 0.15) is 5.75 Å². The lowest BCUT2D eigenvalue weighted by molar-refractivity contribution is 0.0817. The number of ether oxygens (including phenoxy) is 1. The summed E-state index contributed by atoms with van der Waals surface area (Å²) in [6, 6.07) is 15.8. The van der Waals surface area contributed by atoms with Gasteiger partial charge in [-0.15, -0.1) is 0 Å². The van der Waals surface area contributed by atoms with E-state index < -0.39 is 6.10 Å². The van der Waals surface area contributed by atoms with Crippen molar-refractivity contribution < 1.29 is 14.3 Å². The van der Waals surface area contributed by atoms with E-state index in [1.165, 1.54) is 6.92 Å². The summed E-state index contributed by atoms with van der Waals surface area (Å²) in [5.41, 5.74) is 1.25. The number of hydrogen-bond donors (Lipinski definition) is 0. The number of carbonyl (C=O) groups is 2. The molecule has 0 bridgehead atoms. The van der Waals surface area contributed by atoms with Crippen molar-refractivity contribution >= 4 is 11.6 Å². The summed E-state index contributed by atoms with van der Waals surface area (Å²) in [7, 11) is 0. The SMILES string of the molecule is CC(=O)c1ccc(OC(C)C(=O)c2ccccc2)cc1. The molecule has 2 rings (SSSR count). The van der Waals surface area contributed by atoms with Crippen LogP contribution in [0.5, 0.6) is 5.75 Å². The Balaban J connectivity index is 2.06. The van der Waals surface area contributed by atoms with Gasteiger partial charge in [-0.1, -0.05) is 30.3 Å². The zero-order valence-corrected chi connectivity index (χ0v) is 11.5. The highest BCUT2D eigenvalue weighted by Crippen LogP contribution is 2.16. The molecule has 3 heteroatoms. The number of hydrogen-bond acceptors (Lipinski definition) is 3. The van der Waals surface area contributed by atoms with Crippen molar-refractivity contribution in [2.75, 3.05) is 0 Å². The summed E-state index contributed by atoms with van der Waals surface area (Å²) < 4.78 is 5.60. The summed E-state index contributed by atoms with van der Waals surface area (Å²) in [5.74, 6) is 0.512. The van der Waals surface area contributed by atoms with Crippen molar-refractivity contribution in [1.29, 1.82) is 0 Å². The second-order valence-corrected chi connectivity index (χ2v) is 4.57. The molecule has 2 aromatic carbocycles. The molecule has 0 aliphatic heterocycles. The van der Waals surface area contributed by atoms with Crippen LogP contribution >= 0.6 is 0 Å². The summed E-state index contributed by atoms with van der Waals surface area (Å²) in [4.78, 5) is 23.3. The molecule has 0 saturated heterocycles. The first-order valence-corrected chi connectivity index (χ1v) is 6.45. The summed E-state index contributed by atoms with van der Waals surface area (Å²) in [6.45, 7) is 3.23. The van der Waals surface area contributed by atoms with E-state index in [1.807, 2.05) is 18.2 Å². The van der Waals surface area contributed by atoms with Crippen LogP contribution in [0.1, 0.15) is 34.6 Å². The molecule has 0 amide bonds. The van der Waals surface area contributed by atoms with Crippen LogP contribution in [0.4, 0.5) is 0 Å². The summed E-state index contributed by atoms with van der Waals surface area (Å²) in [6.07, 6.45) is -0.569. The van der Waals surface area contributed by atoms with Gasteiger partial charge in [0, 0.05) is 11.1 Å². The number of ketones is 2. The monoisotopic (exact) mass is 268 g/mol. The highest BCUT2D eigenvalue weighted by molar-refractivity contribution is 5.99. The van der Waals surface area contributed by atoms with Crippen LogP contribution in [-0.2, 0) is 0 Å². The van der Waals surface area contributed by atoms with Crippen LogP contribution in [0.2, 0.25) is 0 Å². The molecule has 3 nitrogen and oxygen atoms in total. The molecule has 0 saturated carbocycles. The lowest BCUT2D eigenvalue weighted by Crippen LogP contribution is -2.23. The van der Waals surface area contributed by atoms with E-state index in [0.717, 1.165) is 0 Å². The molecule has 0 radical (unpaired) electrons. The fourth-order valence-corrected chi connectivity index (χ4v) is 1.86. The Morgan fingerprint density at radius 2 is 1.50 bits per heavy atom. The van der Waals surface area contributed by atoms with Crippen LogP contribution in [0.15, 0.2) is 54.6 Å². The van der Waals surface area contributed by atoms with E-state index in [2.05, 4.69) is 0 Å². The second kappa shape index (κ2) is 6.15. The third-order valence-corrected chi connectivity index (χ3v) is 3.00. The predicted octanol–water partition coefficient (Wildman–Crippen LogP) is 3.54. The van der Waals surface area contributed by atoms with Gasteiger partial charge in [0.25, 0.3) is 0 Å². The Hall–Kier alpha value is -2.42. The van der Waals surface area contributed by atoms with E-state index >= 15 is 0 Å². The number of carbonyl (C=O) groups excluding carboxylic acids is 2. The molecule has 2 aromatic rings. The summed E-state index contributed by atoms with van der Waals surface area (Å²) in [5, 5.41) is 0. The van der Waals surface area contributed by atoms with Crippen molar-refractivity contribution in [3.8, 4) is 5.75 Å². The van der Waals surface area contributed by atoms with Gasteiger partial charge < -0.3 is 4.74 Å². The molecule has 0 fully saturated rings. The number of Topliss-reactive ketones (excluding diaryl/α,β-unsaturated/α-hetero) is 2. The maximum Gasteiger partial charge on any atom is 0.202 e. The highest BCUT2D eigenvalue weighted by Gasteiger charge is 2.16. The molecule has 0 aliphatic carbocycles. The lowest BCUT2D eigenvalue weighted by atomic mass is 10.1. The molecule has 1 unspecified atom stereocenters. The molecule has 0 aromatic heterocycles. The van der Waals surface area contributed by atoms with Crippen molar-refractivity contribution in [2.24, 2.45) is 0 Å². The van der Waals surface area contributed by atoms with E-state index in [4.69, 9.17) is 4.74 Å². The van der Waals surface area contributed by atoms with Crippen LogP contribution < -0.4 is 4.74 Å². The van der Waals surface area contributed by atoms with E-state index in [9.17, 15) is 9.59 Å². The third kappa shape index (κ3) is 3.32. The van der Waals surface area contributed by atoms with Crippen molar-refractivity contribution in [1.82, 2.24) is 0 Å². The molecule has 0 aliphatic rings. The average Bonchev–Trinajstić information content (AvgIpc) is 2.48. The molecule has 20 heavy (non-hydrogen) atoms. The topological polar surface area (TPSA) is 43.4 Å². The van der Waals surface area contributed by atoms with Crippen LogP contribution in [0, 0.1) is 0 Å². The number of rotatable bonds is 5. The Morgan fingerprint density at radius 3 is 2.05 bits per heavy atom. The van der Waals surface area contributed by atoms with Gasteiger partial charge in [0.05, 0.1) is 0 Å². The molecule has 1 atom stereocenters. The van der Waals surface area contributed by atoms with Crippen LogP contribution in [-0.4, -0.2) is 17.7 Å². The number of benzene rings is 2. The van der Waals surface area contributed by atoms with E-state index in [-0.39, 0.29) is 11.6 Å². The Labute approximate surface area is 118 Å². The predicted molar refractivity (Wildman–Crippen MR) is 77.3 cm³/mol. The zero-order valence-electron chi connectivity index (χ0n) is 11.5. The molecule has 0 spiro atoms. The summed E-state index contributed by atoms with van der Waals surface area (Å²) >= 11 is 0. The second-order valence-electron chi connectivity index (χ2n) is 4.57. The van der Waals surface area contributed by atoms with E-state index in [0.29, 0.717) is 16.9 Å². The van der Waals surface area contributed by atoms with Crippen LogP contribution in [0.3, 0.4) is 0 Å². The van der Waals surface area contributed by atoms with Gasteiger partial charge in [-0.25, -0.2) is 0 Å². The maximum absolute atomic E-state index is 12.1. The molecular weight excluding hydrogens is 252 g/mol. The molecular formula is C17H16O3. The lowest BCUT2D eigenvalue weighted by Gasteiger charge is -2.13. The molecule has 0 N–H and O–H groups in total. The molecule has 0 heterocycles. The van der Waals surface area contributed by atoms with Crippen molar-refractivity contribution in [2.45, 2.75) is 20.0 Å². The standard InChI is InChI=1S/C17H16O3/c1-12(18)14-8-10-16(11-9-14)20-13(2)17(19)15-6-4-3-5-7-15/h3-11,13H,1-2H3. The quantitative estimate of drug-likeness (QED) is 0.779. The molecule has 102 valence electrons. The van der Waals surface area contributed by atoms with Crippen molar-refractivity contribution in [3.05, 3.63) is 65.7 Å².